The van der Waals surface area contributed by atoms with Gasteiger partial charge in [0.05, 0.1) is 40.7 Å². The second-order valence-electron chi connectivity index (χ2n) is 9.48. The summed E-state index contributed by atoms with van der Waals surface area (Å²) in [6, 6.07) is 13.1. The average molecular weight is 490 g/mol. The van der Waals surface area contributed by atoms with Crippen LogP contribution < -0.4 is 5.73 Å². The molecule has 0 amide bonds. The molecule has 3 aromatic heterocycles. The third kappa shape index (κ3) is 4.03. The van der Waals surface area contributed by atoms with Crippen LogP contribution in [0.2, 0.25) is 0 Å². The van der Waals surface area contributed by atoms with Crippen molar-refractivity contribution in [2.45, 2.75) is 32.2 Å². The van der Waals surface area contributed by atoms with Crippen molar-refractivity contribution in [2.75, 3.05) is 18.8 Å². The van der Waals surface area contributed by atoms with Crippen molar-refractivity contribution in [1.82, 2.24) is 29.6 Å². The van der Waals surface area contributed by atoms with E-state index in [4.69, 9.17) is 5.73 Å². The van der Waals surface area contributed by atoms with Crippen LogP contribution in [0.5, 0.6) is 0 Å². The fourth-order valence-electron chi connectivity index (χ4n) is 4.97. The predicted molar refractivity (Wildman–Crippen MR) is 134 cm³/mol. The zero-order valence-electron chi connectivity index (χ0n) is 19.7. The van der Waals surface area contributed by atoms with E-state index in [-0.39, 0.29) is 30.1 Å². The number of hydrogen-bond donors (Lipinski definition) is 3. The largest absolute Gasteiger partial charge is 0.383 e. The number of nitrogens with zero attached hydrogens (tertiary/aromatic N) is 4. The Hall–Kier alpha value is -4.05. The quantitative estimate of drug-likeness (QED) is 0.313. The molecule has 0 unspecified atom stereocenters. The van der Waals surface area contributed by atoms with Crippen molar-refractivity contribution in [3.63, 3.8) is 0 Å². The second kappa shape index (κ2) is 8.27. The lowest BCUT2D eigenvalue weighted by molar-refractivity contribution is -0.0661. The van der Waals surface area contributed by atoms with Crippen LogP contribution in [0.25, 0.3) is 27.6 Å². The van der Waals surface area contributed by atoms with E-state index in [1.54, 1.807) is 11.0 Å². The van der Waals surface area contributed by atoms with Crippen LogP contribution in [0.3, 0.4) is 0 Å². The first-order valence-electron chi connectivity index (χ1n) is 11.8. The lowest BCUT2D eigenvalue weighted by Crippen LogP contribution is -2.41. The van der Waals surface area contributed by atoms with Crippen LogP contribution >= 0.6 is 0 Å². The van der Waals surface area contributed by atoms with Crippen molar-refractivity contribution in [3.8, 4) is 5.69 Å². The zero-order chi connectivity index (χ0) is 25.0. The monoisotopic (exact) mass is 489 g/mol. The molecule has 8 nitrogen and oxygen atoms in total. The molecule has 36 heavy (non-hydrogen) atoms. The van der Waals surface area contributed by atoms with Crippen LogP contribution in [-0.2, 0) is 6.54 Å². The third-order valence-corrected chi connectivity index (χ3v) is 6.69. The van der Waals surface area contributed by atoms with E-state index in [1.807, 2.05) is 43.3 Å². The minimum atomic E-state index is -2.64. The number of imidazole rings is 1. The Balaban J connectivity index is 1.25. The van der Waals surface area contributed by atoms with E-state index >= 15 is 0 Å². The summed E-state index contributed by atoms with van der Waals surface area (Å²) >= 11 is 0. The van der Waals surface area contributed by atoms with Crippen LogP contribution in [0.15, 0.2) is 48.7 Å². The normalized spacial score (nSPS) is 16.2. The number of carbonyl (C=O) groups excluding carboxylic acids is 1. The van der Waals surface area contributed by atoms with Crippen molar-refractivity contribution in [1.29, 1.82) is 0 Å². The van der Waals surface area contributed by atoms with Crippen LogP contribution in [0.4, 0.5) is 14.6 Å². The Labute approximate surface area is 205 Å². The standard InChI is InChI=1S/C26H25F2N7O/c1-15-31-20-6-5-18(11-22(20)32-15)35-25(29)19(12-30-35)24(36)23-10-17-4-3-16(9-21(17)33-23)13-34-8-2-7-26(27,28)14-34/h3-6,9-12,33H,2,7-8,13-14,29H2,1H3,(H,31,32). The lowest BCUT2D eigenvalue weighted by atomic mass is 10.1. The van der Waals surface area contributed by atoms with Gasteiger partial charge in [-0.25, -0.2) is 18.4 Å². The fourth-order valence-corrected chi connectivity index (χ4v) is 4.97. The number of aromatic amines is 2. The van der Waals surface area contributed by atoms with Crippen molar-refractivity contribution in [2.24, 2.45) is 0 Å². The van der Waals surface area contributed by atoms with Crippen molar-refractivity contribution < 1.29 is 13.6 Å². The van der Waals surface area contributed by atoms with Gasteiger partial charge in [0.15, 0.2) is 0 Å². The number of aryl methyl sites for hydroxylation is 1. The highest BCUT2D eigenvalue weighted by Gasteiger charge is 2.34. The van der Waals surface area contributed by atoms with Gasteiger partial charge in [-0.05, 0) is 55.8 Å². The Morgan fingerprint density at radius 1 is 1.14 bits per heavy atom. The molecule has 6 rings (SSSR count). The molecule has 4 heterocycles. The van der Waals surface area contributed by atoms with Gasteiger partial charge in [-0.1, -0.05) is 12.1 Å². The second-order valence-corrected chi connectivity index (χ2v) is 9.48. The van der Waals surface area contributed by atoms with Gasteiger partial charge in [-0.2, -0.15) is 5.10 Å². The van der Waals surface area contributed by atoms with E-state index in [0.29, 0.717) is 30.9 Å². The number of ketones is 1. The number of nitrogens with two attached hydrogens (primary N) is 1. The lowest BCUT2D eigenvalue weighted by Gasteiger charge is -2.32. The SMILES string of the molecule is Cc1nc2cc(-n3ncc(C(=O)c4cc5ccc(CN6CCCC(F)(F)C6)cc5[nH]4)c3N)ccc2[nH]1. The maximum absolute atomic E-state index is 13.8. The Morgan fingerprint density at radius 3 is 2.83 bits per heavy atom. The Bertz CT molecular complexity index is 1610. The van der Waals surface area contributed by atoms with Gasteiger partial charge >= 0.3 is 0 Å². The number of halogens is 2. The molecule has 1 aliphatic heterocycles. The van der Waals surface area contributed by atoms with E-state index in [2.05, 4.69) is 20.1 Å². The Kier molecular flexibility index (Phi) is 5.15. The highest BCUT2D eigenvalue weighted by Crippen LogP contribution is 2.29. The number of H-pyrrole nitrogens is 2. The number of hydrogen-bond acceptors (Lipinski definition) is 5. The highest BCUT2D eigenvalue weighted by atomic mass is 19.3. The van der Waals surface area contributed by atoms with E-state index in [0.717, 1.165) is 33.3 Å². The molecule has 0 atom stereocenters. The van der Waals surface area contributed by atoms with Gasteiger partial charge in [-0.3, -0.25) is 9.69 Å². The van der Waals surface area contributed by atoms with Gasteiger partial charge in [0.25, 0.3) is 5.92 Å². The molecule has 1 aliphatic rings. The number of aromatic nitrogens is 5. The number of fused-ring (bicyclic) bond motifs is 2. The Morgan fingerprint density at radius 2 is 2.00 bits per heavy atom. The first-order valence-corrected chi connectivity index (χ1v) is 11.8. The number of rotatable bonds is 5. The van der Waals surface area contributed by atoms with E-state index in [9.17, 15) is 13.6 Å². The van der Waals surface area contributed by atoms with Gasteiger partial charge in [0, 0.05) is 23.9 Å². The number of carbonyl (C=O) groups is 1. The molecule has 184 valence electrons. The van der Waals surface area contributed by atoms with Crippen LogP contribution in [-0.4, -0.2) is 54.4 Å². The predicted octanol–water partition coefficient (Wildman–Crippen LogP) is 4.58. The molecule has 2 aromatic carbocycles. The van der Waals surface area contributed by atoms with E-state index in [1.165, 1.54) is 10.9 Å². The summed E-state index contributed by atoms with van der Waals surface area (Å²) in [4.78, 5) is 25.9. The van der Waals surface area contributed by atoms with Gasteiger partial charge < -0.3 is 15.7 Å². The summed E-state index contributed by atoms with van der Waals surface area (Å²) < 4.78 is 29.1. The summed E-state index contributed by atoms with van der Waals surface area (Å²) in [7, 11) is 0. The molecule has 4 N–H and O–H groups in total. The summed E-state index contributed by atoms with van der Waals surface area (Å²) in [5, 5.41) is 5.20. The van der Waals surface area contributed by atoms with Crippen LogP contribution in [0.1, 0.15) is 40.3 Å². The molecule has 5 aromatic rings. The molecule has 0 aliphatic carbocycles. The minimum absolute atomic E-state index is 0.0539. The number of benzene rings is 2. The number of piperidine rings is 1. The maximum Gasteiger partial charge on any atom is 0.260 e. The van der Waals surface area contributed by atoms with Crippen molar-refractivity contribution in [3.05, 3.63) is 71.3 Å². The topological polar surface area (TPSA) is 109 Å². The van der Waals surface area contributed by atoms with E-state index < -0.39 is 5.92 Å². The van der Waals surface area contributed by atoms with Crippen molar-refractivity contribution >= 4 is 33.5 Å². The summed E-state index contributed by atoms with van der Waals surface area (Å²) in [6.45, 7) is 2.75. The molecule has 0 radical (unpaired) electrons. The first-order chi connectivity index (χ1) is 17.3. The molecule has 1 fully saturated rings. The average Bonchev–Trinajstić information content (AvgIpc) is 3.52. The van der Waals surface area contributed by atoms with Gasteiger partial charge in [-0.15, -0.1) is 0 Å². The number of nitrogen functional groups attached to an aromatic ring is 1. The van der Waals surface area contributed by atoms with Crippen LogP contribution in [0, 0.1) is 6.92 Å². The fraction of sp³-hybridized carbons (Fsp3) is 0.269. The molecule has 1 saturated heterocycles. The summed E-state index contributed by atoms with van der Waals surface area (Å²) in [5.41, 5.74) is 11.1. The molecule has 0 saturated carbocycles. The maximum atomic E-state index is 13.8. The summed E-state index contributed by atoms with van der Waals surface area (Å²) in [5.74, 6) is -1.87. The molecule has 10 heteroatoms. The summed E-state index contributed by atoms with van der Waals surface area (Å²) in [6.07, 6.45) is 1.90. The zero-order valence-corrected chi connectivity index (χ0v) is 19.7. The number of likely N-dealkylation sites (tertiary alicyclic amines) is 1. The molecule has 0 bridgehead atoms. The van der Waals surface area contributed by atoms with Gasteiger partial charge in [0.1, 0.15) is 11.6 Å². The smallest absolute Gasteiger partial charge is 0.260 e. The molecular weight excluding hydrogens is 464 g/mol. The molecular formula is C26H25F2N7O. The van der Waals surface area contributed by atoms with Gasteiger partial charge in [0.2, 0.25) is 5.78 Å². The minimum Gasteiger partial charge on any atom is -0.383 e. The third-order valence-electron chi connectivity index (χ3n) is 6.69. The molecule has 0 spiro atoms. The number of nitrogens with one attached hydrogen (secondary N) is 2. The number of anilines is 1. The first kappa shape index (κ1) is 22.4. The number of alkyl halides is 2. The highest BCUT2D eigenvalue weighted by molar-refractivity contribution is 6.12.